The van der Waals surface area contributed by atoms with Crippen LogP contribution in [0.15, 0.2) is 12.3 Å². The average molecular weight is 195 g/mol. The van der Waals surface area contributed by atoms with E-state index in [4.69, 9.17) is 0 Å². The number of aromatic nitrogens is 1. The van der Waals surface area contributed by atoms with Crippen LogP contribution < -0.4 is 4.74 Å². The Morgan fingerprint density at radius 3 is 2.54 bits per heavy atom. The Balaban J connectivity index is 2.94. The van der Waals surface area contributed by atoms with E-state index in [1.165, 1.54) is 6.92 Å². The van der Waals surface area contributed by atoms with Crippen LogP contribution >= 0.6 is 0 Å². The molecule has 0 saturated heterocycles. The third-order valence-electron chi connectivity index (χ3n) is 1.17. The summed E-state index contributed by atoms with van der Waals surface area (Å²) in [5, 5.41) is 0. The maximum absolute atomic E-state index is 12.6. The van der Waals surface area contributed by atoms with Gasteiger partial charge in [0, 0.05) is 6.20 Å². The third kappa shape index (κ3) is 2.89. The van der Waals surface area contributed by atoms with Crippen LogP contribution in [0.4, 0.5) is 17.6 Å². The van der Waals surface area contributed by atoms with Crippen molar-refractivity contribution < 1.29 is 22.3 Å². The molecule has 0 atom stereocenters. The Bertz CT molecular complexity index is 310. The van der Waals surface area contributed by atoms with E-state index >= 15 is 0 Å². The highest BCUT2D eigenvalue weighted by Gasteiger charge is 2.32. The predicted octanol–water partition coefficient (Wildman–Crippen LogP) is 2.43. The van der Waals surface area contributed by atoms with Crippen LogP contribution in [0.1, 0.15) is 5.56 Å². The maximum Gasteiger partial charge on any atom is 0.573 e. The summed E-state index contributed by atoms with van der Waals surface area (Å²) in [6.07, 6.45) is -3.78. The standard InChI is InChI=1S/C7H5F4NO/c1-4-2-5(6(8)12-3-4)13-7(9,10)11/h2-3H,1H3. The minimum absolute atomic E-state index is 0.389. The molecule has 0 aromatic carbocycles. The van der Waals surface area contributed by atoms with Crippen LogP contribution in [0.3, 0.4) is 0 Å². The molecule has 0 unspecified atom stereocenters. The normalized spacial score (nSPS) is 11.5. The summed E-state index contributed by atoms with van der Waals surface area (Å²) in [7, 11) is 0. The van der Waals surface area contributed by atoms with Gasteiger partial charge in [-0.3, -0.25) is 0 Å². The van der Waals surface area contributed by atoms with Crippen molar-refractivity contribution in [3.8, 4) is 5.75 Å². The van der Waals surface area contributed by atoms with Crippen molar-refractivity contribution in [2.75, 3.05) is 0 Å². The zero-order chi connectivity index (χ0) is 10.1. The molecule has 0 saturated carbocycles. The van der Waals surface area contributed by atoms with Crippen molar-refractivity contribution in [3.63, 3.8) is 0 Å². The fourth-order valence-corrected chi connectivity index (χ4v) is 0.722. The molecule has 0 aliphatic carbocycles. The number of nitrogens with zero attached hydrogens (tertiary/aromatic N) is 1. The highest BCUT2D eigenvalue weighted by atomic mass is 19.4. The van der Waals surface area contributed by atoms with E-state index in [9.17, 15) is 17.6 Å². The van der Waals surface area contributed by atoms with Gasteiger partial charge in [0.15, 0.2) is 5.75 Å². The van der Waals surface area contributed by atoms with Crippen molar-refractivity contribution in [3.05, 3.63) is 23.8 Å². The van der Waals surface area contributed by atoms with E-state index < -0.39 is 18.1 Å². The average Bonchev–Trinajstić information content (AvgIpc) is 1.94. The fraction of sp³-hybridized carbons (Fsp3) is 0.286. The van der Waals surface area contributed by atoms with Gasteiger partial charge in [0.25, 0.3) is 5.95 Å². The van der Waals surface area contributed by atoms with Crippen molar-refractivity contribution in [2.24, 2.45) is 0 Å². The molecule has 6 heteroatoms. The molecular formula is C7H5F4NO. The molecule has 13 heavy (non-hydrogen) atoms. The Kier molecular flexibility index (Phi) is 2.40. The Morgan fingerprint density at radius 1 is 1.38 bits per heavy atom. The molecule has 1 aromatic heterocycles. The molecule has 0 spiro atoms. The largest absolute Gasteiger partial charge is 0.573 e. The molecule has 0 fully saturated rings. The van der Waals surface area contributed by atoms with E-state index in [1.807, 2.05) is 0 Å². The van der Waals surface area contributed by atoms with E-state index in [-0.39, 0.29) is 0 Å². The van der Waals surface area contributed by atoms with Crippen LogP contribution in [0.25, 0.3) is 0 Å². The van der Waals surface area contributed by atoms with Crippen LogP contribution in [0.5, 0.6) is 5.75 Å². The summed E-state index contributed by atoms with van der Waals surface area (Å²) in [6, 6.07) is 0.926. The lowest BCUT2D eigenvalue weighted by atomic mass is 10.3. The highest BCUT2D eigenvalue weighted by Crippen LogP contribution is 2.24. The lowest BCUT2D eigenvalue weighted by Gasteiger charge is -2.08. The number of halogens is 4. The first-order chi connectivity index (χ1) is 5.88. The Morgan fingerprint density at radius 2 is 2.00 bits per heavy atom. The summed E-state index contributed by atoms with van der Waals surface area (Å²) in [5.74, 6) is -2.18. The number of pyridine rings is 1. The lowest BCUT2D eigenvalue weighted by Crippen LogP contribution is -2.18. The summed E-state index contributed by atoms with van der Waals surface area (Å²) < 4.78 is 50.8. The first-order valence-electron chi connectivity index (χ1n) is 3.26. The van der Waals surface area contributed by atoms with Gasteiger partial charge in [-0.05, 0) is 18.6 Å². The van der Waals surface area contributed by atoms with Gasteiger partial charge < -0.3 is 4.74 Å². The molecule has 1 heterocycles. The molecule has 0 N–H and O–H groups in total. The molecule has 1 aromatic rings. The van der Waals surface area contributed by atoms with Crippen molar-refractivity contribution in [2.45, 2.75) is 13.3 Å². The molecular weight excluding hydrogens is 190 g/mol. The molecule has 2 nitrogen and oxygen atoms in total. The summed E-state index contributed by atoms with van der Waals surface area (Å²) in [6.45, 7) is 1.48. The topological polar surface area (TPSA) is 22.1 Å². The zero-order valence-corrected chi connectivity index (χ0v) is 6.52. The van der Waals surface area contributed by atoms with Crippen LogP contribution in [-0.2, 0) is 0 Å². The van der Waals surface area contributed by atoms with E-state index in [0.717, 1.165) is 12.3 Å². The smallest absolute Gasteiger partial charge is 0.401 e. The number of hydrogen-bond donors (Lipinski definition) is 0. The number of ether oxygens (including phenoxy) is 1. The molecule has 1 rings (SSSR count). The van der Waals surface area contributed by atoms with Crippen LogP contribution in [-0.4, -0.2) is 11.3 Å². The first-order valence-corrected chi connectivity index (χ1v) is 3.26. The molecule has 0 aliphatic rings. The monoisotopic (exact) mass is 195 g/mol. The molecule has 0 radical (unpaired) electrons. The van der Waals surface area contributed by atoms with Gasteiger partial charge in [0.2, 0.25) is 0 Å². The Hall–Kier alpha value is -1.33. The maximum atomic E-state index is 12.6. The number of hydrogen-bond acceptors (Lipinski definition) is 2. The number of alkyl halides is 3. The first kappa shape index (κ1) is 9.76. The van der Waals surface area contributed by atoms with Gasteiger partial charge in [0.05, 0.1) is 0 Å². The summed E-state index contributed by atoms with van der Waals surface area (Å²) in [5.41, 5.74) is 0.389. The van der Waals surface area contributed by atoms with Gasteiger partial charge in [-0.25, -0.2) is 4.98 Å². The third-order valence-corrected chi connectivity index (χ3v) is 1.17. The van der Waals surface area contributed by atoms with Crippen molar-refractivity contribution in [1.29, 1.82) is 0 Å². The number of aryl methyl sites for hydroxylation is 1. The second-order valence-corrected chi connectivity index (χ2v) is 2.35. The summed E-state index contributed by atoms with van der Waals surface area (Å²) in [4.78, 5) is 3.07. The van der Waals surface area contributed by atoms with E-state index in [2.05, 4.69) is 9.72 Å². The van der Waals surface area contributed by atoms with E-state index in [0.29, 0.717) is 5.56 Å². The van der Waals surface area contributed by atoms with E-state index in [1.54, 1.807) is 0 Å². The van der Waals surface area contributed by atoms with Gasteiger partial charge in [0.1, 0.15) is 0 Å². The molecule has 0 bridgehead atoms. The van der Waals surface area contributed by atoms with Gasteiger partial charge in [-0.15, -0.1) is 13.2 Å². The molecule has 0 amide bonds. The van der Waals surface area contributed by atoms with Crippen molar-refractivity contribution in [1.82, 2.24) is 4.98 Å². The summed E-state index contributed by atoms with van der Waals surface area (Å²) >= 11 is 0. The predicted molar refractivity (Wildman–Crippen MR) is 35.6 cm³/mol. The van der Waals surface area contributed by atoms with Crippen molar-refractivity contribution >= 4 is 0 Å². The number of rotatable bonds is 1. The Labute approximate surface area is 71.2 Å². The van der Waals surface area contributed by atoms with Gasteiger partial charge in [-0.1, -0.05) is 0 Å². The minimum atomic E-state index is -4.89. The van der Waals surface area contributed by atoms with Crippen LogP contribution in [0.2, 0.25) is 0 Å². The molecule has 72 valence electrons. The van der Waals surface area contributed by atoms with Gasteiger partial charge in [-0.2, -0.15) is 4.39 Å². The fourth-order valence-electron chi connectivity index (χ4n) is 0.722. The second-order valence-electron chi connectivity index (χ2n) is 2.35. The highest BCUT2D eigenvalue weighted by molar-refractivity contribution is 5.24. The van der Waals surface area contributed by atoms with Crippen LogP contribution in [0, 0.1) is 12.9 Å². The zero-order valence-electron chi connectivity index (χ0n) is 6.52. The lowest BCUT2D eigenvalue weighted by molar-refractivity contribution is -0.275. The minimum Gasteiger partial charge on any atom is -0.401 e. The quantitative estimate of drug-likeness (QED) is 0.507. The molecule has 0 aliphatic heterocycles. The van der Waals surface area contributed by atoms with Gasteiger partial charge >= 0.3 is 6.36 Å². The SMILES string of the molecule is Cc1cnc(F)c(OC(F)(F)F)c1. The second kappa shape index (κ2) is 3.20.